The number of nitrogens with zero attached hydrogens (tertiary/aromatic N) is 2. The minimum absolute atomic E-state index is 0.130. The average Bonchev–Trinajstić information content (AvgIpc) is 2.20. The molecule has 1 rings (SSSR count). The van der Waals surface area contributed by atoms with Crippen LogP contribution in [0.5, 0.6) is 0 Å². The zero-order valence-electron chi connectivity index (χ0n) is 7.49. The minimum atomic E-state index is -4.82. The van der Waals surface area contributed by atoms with E-state index in [1.165, 1.54) is 0 Å². The molecule has 0 saturated heterocycles. The molecule has 1 unspecified atom stereocenters. The third-order valence-corrected chi connectivity index (χ3v) is 1.45. The van der Waals surface area contributed by atoms with Crippen molar-refractivity contribution >= 4 is 0 Å². The van der Waals surface area contributed by atoms with Gasteiger partial charge in [0.05, 0.1) is 0 Å². The van der Waals surface area contributed by atoms with E-state index in [1.54, 1.807) is 0 Å². The van der Waals surface area contributed by atoms with Gasteiger partial charge in [0.2, 0.25) is 0 Å². The third-order valence-electron chi connectivity index (χ3n) is 1.45. The van der Waals surface area contributed by atoms with Crippen LogP contribution in [0.25, 0.3) is 0 Å². The zero-order chi connectivity index (χ0) is 12.3. The fraction of sp³-hybridized carbons (Fsp3) is 0.429. The van der Waals surface area contributed by atoms with Crippen LogP contribution in [0.15, 0.2) is 23.4 Å². The number of halogens is 5. The maximum absolute atomic E-state index is 12.7. The maximum atomic E-state index is 12.7. The van der Waals surface area contributed by atoms with E-state index in [0.29, 0.717) is 6.33 Å². The molecule has 0 fully saturated rings. The molecule has 1 atom stereocenters. The molecule has 1 heterocycles. The second-order valence-electron chi connectivity index (χ2n) is 2.63. The average molecular weight is 244 g/mol. The van der Waals surface area contributed by atoms with Crippen molar-refractivity contribution < 1.29 is 26.8 Å². The van der Waals surface area contributed by atoms with Crippen LogP contribution < -0.4 is 10.4 Å². The van der Waals surface area contributed by atoms with Crippen molar-refractivity contribution in [1.29, 1.82) is 0 Å². The van der Waals surface area contributed by atoms with E-state index in [-0.39, 0.29) is 4.73 Å². The quantitative estimate of drug-likeness (QED) is 0.738. The topological polar surface area (TPSA) is 44.1 Å². The Balaban J connectivity index is 2.89. The number of hydrogen-bond donors (Lipinski definition) is 0. The summed E-state index contributed by atoms with van der Waals surface area (Å²) < 4.78 is 60.9. The lowest BCUT2D eigenvalue weighted by Crippen LogP contribution is -2.47. The molecule has 0 N–H and O–H groups in total. The highest BCUT2D eigenvalue weighted by atomic mass is 19.3. The fourth-order valence-electron chi connectivity index (χ4n) is 0.733. The van der Waals surface area contributed by atoms with E-state index in [1.807, 2.05) is 0 Å². The first kappa shape index (κ1) is 12.4. The monoisotopic (exact) mass is 244 g/mol. The summed E-state index contributed by atoms with van der Waals surface area (Å²) in [7, 11) is 0. The SMILES string of the molecule is O=c1ccncn1OC(F)(F)C(F)C(F)F. The molecule has 1 aromatic heterocycles. The van der Waals surface area contributed by atoms with Gasteiger partial charge in [-0.15, -0.1) is 4.73 Å². The second kappa shape index (κ2) is 4.45. The van der Waals surface area contributed by atoms with E-state index < -0.39 is 24.3 Å². The van der Waals surface area contributed by atoms with E-state index in [2.05, 4.69) is 9.82 Å². The highest BCUT2D eigenvalue weighted by molar-refractivity contribution is 4.80. The minimum Gasteiger partial charge on any atom is -0.334 e. The van der Waals surface area contributed by atoms with Crippen molar-refractivity contribution in [2.75, 3.05) is 0 Å². The molecule has 4 nitrogen and oxygen atoms in total. The lowest BCUT2D eigenvalue weighted by atomic mass is 10.4. The summed E-state index contributed by atoms with van der Waals surface area (Å²) in [5, 5.41) is 0. The number of alkyl halides is 5. The van der Waals surface area contributed by atoms with Gasteiger partial charge in [-0.2, -0.15) is 8.78 Å². The van der Waals surface area contributed by atoms with Crippen LogP contribution in [0, 0.1) is 0 Å². The summed E-state index contributed by atoms with van der Waals surface area (Å²) in [4.78, 5) is 17.6. The number of rotatable bonds is 4. The first-order valence-electron chi connectivity index (χ1n) is 3.87. The fourth-order valence-corrected chi connectivity index (χ4v) is 0.733. The van der Waals surface area contributed by atoms with Crippen molar-refractivity contribution in [1.82, 2.24) is 9.71 Å². The lowest BCUT2D eigenvalue weighted by molar-refractivity contribution is -0.292. The van der Waals surface area contributed by atoms with E-state index in [0.717, 1.165) is 12.3 Å². The zero-order valence-corrected chi connectivity index (χ0v) is 7.49. The largest absolute Gasteiger partial charge is 0.453 e. The molecule has 90 valence electrons. The van der Waals surface area contributed by atoms with Gasteiger partial charge in [0.25, 0.3) is 18.2 Å². The molecule has 0 bridgehead atoms. The molecular weight excluding hydrogens is 239 g/mol. The normalized spacial score (nSPS) is 13.9. The summed E-state index contributed by atoms with van der Waals surface area (Å²) in [6.45, 7) is 0. The van der Waals surface area contributed by atoms with Gasteiger partial charge in [-0.25, -0.2) is 18.2 Å². The Hall–Kier alpha value is -1.67. The summed E-state index contributed by atoms with van der Waals surface area (Å²) in [6.07, 6.45) is -11.1. The van der Waals surface area contributed by atoms with Crippen molar-refractivity contribution in [3.05, 3.63) is 28.9 Å². The van der Waals surface area contributed by atoms with Crippen molar-refractivity contribution in [2.45, 2.75) is 18.7 Å². The van der Waals surface area contributed by atoms with Crippen LogP contribution in [-0.2, 0) is 0 Å². The molecule has 0 aliphatic heterocycles. The predicted octanol–water partition coefficient (Wildman–Crippen LogP) is 0.868. The van der Waals surface area contributed by atoms with Crippen molar-refractivity contribution in [3.63, 3.8) is 0 Å². The standard InChI is InChI=1S/C7H5F5N2O2/c8-5(6(9)10)7(11,12)16-14-3-13-2-1-4(14)15/h1-3,5-6H. The summed E-state index contributed by atoms with van der Waals surface area (Å²) in [5.41, 5.74) is -1.09. The van der Waals surface area contributed by atoms with Gasteiger partial charge in [0, 0.05) is 12.3 Å². The Morgan fingerprint density at radius 2 is 2.00 bits per heavy atom. The van der Waals surface area contributed by atoms with E-state index in [4.69, 9.17) is 0 Å². The van der Waals surface area contributed by atoms with Crippen LogP contribution in [0.4, 0.5) is 22.0 Å². The maximum Gasteiger partial charge on any atom is 0.453 e. The highest BCUT2D eigenvalue weighted by Crippen LogP contribution is 2.24. The Morgan fingerprint density at radius 3 is 2.50 bits per heavy atom. The molecule has 0 aliphatic rings. The number of hydrogen-bond acceptors (Lipinski definition) is 3. The lowest BCUT2D eigenvalue weighted by Gasteiger charge is -2.20. The van der Waals surface area contributed by atoms with Crippen molar-refractivity contribution in [2.24, 2.45) is 0 Å². The molecule has 0 aromatic carbocycles. The molecule has 0 amide bonds. The molecule has 9 heteroatoms. The van der Waals surface area contributed by atoms with Crippen LogP contribution in [-0.4, -0.2) is 28.4 Å². The van der Waals surface area contributed by atoms with Gasteiger partial charge >= 0.3 is 6.11 Å². The van der Waals surface area contributed by atoms with Crippen molar-refractivity contribution in [3.8, 4) is 0 Å². The van der Waals surface area contributed by atoms with Crippen LogP contribution >= 0.6 is 0 Å². The second-order valence-corrected chi connectivity index (χ2v) is 2.63. The predicted molar refractivity (Wildman–Crippen MR) is 40.9 cm³/mol. The Labute approximate surface area is 85.2 Å². The molecule has 0 saturated carbocycles. The Morgan fingerprint density at radius 1 is 1.38 bits per heavy atom. The molecular formula is C7H5F5N2O2. The van der Waals surface area contributed by atoms with Gasteiger partial charge in [-0.3, -0.25) is 4.79 Å². The smallest absolute Gasteiger partial charge is 0.334 e. The molecule has 0 radical (unpaired) electrons. The Kier molecular flexibility index (Phi) is 3.45. The van der Waals surface area contributed by atoms with E-state index in [9.17, 15) is 26.7 Å². The van der Waals surface area contributed by atoms with Gasteiger partial charge in [-0.05, 0) is 0 Å². The van der Waals surface area contributed by atoms with Crippen LogP contribution in [0.1, 0.15) is 0 Å². The Bertz CT molecular complexity index is 408. The molecule has 0 aliphatic carbocycles. The highest BCUT2D eigenvalue weighted by Gasteiger charge is 2.50. The summed E-state index contributed by atoms with van der Waals surface area (Å²) in [6, 6.07) is 0.742. The van der Waals surface area contributed by atoms with Gasteiger partial charge in [0.15, 0.2) is 0 Å². The number of aromatic nitrogens is 2. The first-order chi connectivity index (χ1) is 7.34. The van der Waals surface area contributed by atoms with Crippen LogP contribution in [0.3, 0.4) is 0 Å². The molecule has 0 spiro atoms. The van der Waals surface area contributed by atoms with Gasteiger partial charge < -0.3 is 4.84 Å². The summed E-state index contributed by atoms with van der Waals surface area (Å²) in [5.74, 6) is 0. The van der Waals surface area contributed by atoms with Gasteiger partial charge in [0.1, 0.15) is 6.33 Å². The first-order valence-corrected chi connectivity index (χ1v) is 3.87. The third kappa shape index (κ3) is 2.67. The van der Waals surface area contributed by atoms with Crippen LogP contribution in [0.2, 0.25) is 0 Å². The summed E-state index contributed by atoms with van der Waals surface area (Å²) >= 11 is 0. The molecule has 16 heavy (non-hydrogen) atoms. The van der Waals surface area contributed by atoms with Gasteiger partial charge in [-0.1, -0.05) is 0 Å². The van der Waals surface area contributed by atoms with E-state index >= 15 is 0 Å². The molecule has 1 aromatic rings.